The highest BCUT2D eigenvalue weighted by Gasteiger charge is 2.24. The molecule has 2 aromatic rings. The Kier molecular flexibility index (Phi) is 4.63. The molecule has 0 radical (unpaired) electrons. The Labute approximate surface area is 143 Å². The zero-order chi connectivity index (χ0) is 18.0. The van der Waals surface area contributed by atoms with Crippen LogP contribution in [0.2, 0.25) is 0 Å². The molecule has 1 aromatic carbocycles. The van der Waals surface area contributed by atoms with E-state index in [4.69, 9.17) is 4.74 Å². The first-order chi connectivity index (χ1) is 11.9. The molecular weight excluding hydrogens is 354 g/mol. The van der Waals surface area contributed by atoms with Gasteiger partial charge in [0.15, 0.2) is 0 Å². The number of aromatic nitrogens is 2. The highest BCUT2D eigenvalue weighted by Crippen LogP contribution is 2.32. The van der Waals surface area contributed by atoms with Crippen molar-refractivity contribution in [2.45, 2.75) is 18.9 Å². The molecule has 1 atom stereocenters. The van der Waals surface area contributed by atoms with E-state index in [9.17, 15) is 25.0 Å². The van der Waals surface area contributed by atoms with Crippen molar-refractivity contribution in [1.29, 1.82) is 0 Å². The summed E-state index contributed by atoms with van der Waals surface area (Å²) < 4.78 is 5.47. The molecule has 0 aliphatic carbocycles. The standard InChI is InChI=1S/C13H11N5O6S/c19-11(7-4-8(17(20)21)6-9(5-7)18(22)23)14-13-16-15-12(25-13)10-2-1-3-24-10/h4-6,10H,1-3H2,(H,14,16,19). The lowest BCUT2D eigenvalue weighted by atomic mass is 10.1. The molecule has 1 N–H and O–H groups in total. The second-order valence-electron chi connectivity index (χ2n) is 5.15. The van der Waals surface area contributed by atoms with E-state index in [0.29, 0.717) is 11.6 Å². The predicted octanol–water partition coefficient (Wildman–Crippen LogP) is 2.46. The Morgan fingerprint density at radius 1 is 1.20 bits per heavy atom. The van der Waals surface area contributed by atoms with Crippen molar-refractivity contribution in [3.05, 3.63) is 49.0 Å². The zero-order valence-corrected chi connectivity index (χ0v) is 13.4. The van der Waals surface area contributed by atoms with E-state index in [1.54, 1.807) is 0 Å². The first kappa shape index (κ1) is 16.9. The molecule has 1 amide bonds. The fraction of sp³-hybridized carbons (Fsp3) is 0.308. The van der Waals surface area contributed by atoms with Gasteiger partial charge in [-0.3, -0.25) is 30.3 Å². The van der Waals surface area contributed by atoms with Gasteiger partial charge >= 0.3 is 0 Å². The highest BCUT2D eigenvalue weighted by atomic mass is 32.1. The fourth-order valence-electron chi connectivity index (χ4n) is 2.29. The topological polar surface area (TPSA) is 150 Å². The lowest BCUT2D eigenvalue weighted by Crippen LogP contribution is -2.12. The molecule has 1 saturated heterocycles. The van der Waals surface area contributed by atoms with Gasteiger partial charge in [-0.05, 0) is 12.8 Å². The predicted molar refractivity (Wildman–Crippen MR) is 85.5 cm³/mol. The number of nitrogens with zero attached hydrogens (tertiary/aromatic N) is 4. The summed E-state index contributed by atoms with van der Waals surface area (Å²) in [6, 6.07) is 2.71. The summed E-state index contributed by atoms with van der Waals surface area (Å²) in [7, 11) is 0. The second kappa shape index (κ2) is 6.86. The Morgan fingerprint density at radius 3 is 2.44 bits per heavy atom. The minimum atomic E-state index is -0.801. The highest BCUT2D eigenvalue weighted by molar-refractivity contribution is 7.15. The number of nitro groups is 2. The van der Waals surface area contributed by atoms with E-state index < -0.39 is 27.1 Å². The maximum atomic E-state index is 12.2. The van der Waals surface area contributed by atoms with Gasteiger partial charge in [0, 0.05) is 18.7 Å². The Balaban J connectivity index is 1.81. The van der Waals surface area contributed by atoms with Gasteiger partial charge in [0.1, 0.15) is 11.1 Å². The summed E-state index contributed by atoms with van der Waals surface area (Å²) in [4.78, 5) is 32.4. The quantitative estimate of drug-likeness (QED) is 0.627. The third-order valence-electron chi connectivity index (χ3n) is 3.45. The molecule has 1 unspecified atom stereocenters. The number of hydrogen-bond donors (Lipinski definition) is 1. The number of non-ortho nitro benzene ring substituents is 2. The minimum absolute atomic E-state index is 0.151. The van der Waals surface area contributed by atoms with Gasteiger partial charge in [0.25, 0.3) is 17.3 Å². The summed E-state index contributed by atoms with van der Waals surface area (Å²) >= 11 is 1.13. The van der Waals surface area contributed by atoms with E-state index in [-0.39, 0.29) is 16.8 Å². The van der Waals surface area contributed by atoms with Crippen LogP contribution in [0.3, 0.4) is 0 Å². The van der Waals surface area contributed by atoms with Gasteiger partial charge in [-0.1, -0.05) is 11.3 Å². The molecule has 1 aliphatic rings. The largest absolute Gasteiger partial charge is 0.371 e. The molecular formula is C13H11N5O6S. The molecule has 0 spiro atoms. The summed E-state index contributed by atoms with van der Waals surface area (Å²) in [5.74, 6) is -0.748. The second-order valence-corrected chi connectivity index (χ2v) is 6.16. The molecule has 2 heterocycles. The van der Waals surface area contributed by atoms with Crippen LogP contribution in [0.4, 0.5) is 16.5 Å². The van der Waals surface area contributed by atoms with Crippen molar-refractivity contribution in [3.8, 4) is 0 Å². The van der Waals surface area contributed by atoms with Crippen molar-refractivity contribution in [3.63, 3.8) is 0 Å². The van der Waals surface area contributed by atoms with E-state index in [0.717, 1.165) is 42.4 Å². The van der Waals surface area contributed by atoms with Gasteiger partial charge < -0.3 is 4.74 Å². The average molecular weight is 365 g/mol. The molecule has 3 rings (SSSR count). The van der Waals surface area contributed by atoms with E-state index in [1.807, 2.05) is 0 Å². The van der Waals surface area contributed by atoms with Crippen molar-refractivity contribution in [2.75, 3.05) is 11.9 Å². The number of nitrogens with one attached hydrogen (secondary N) is 1. The van der Waals surface area contributed by atoms with Crippen LogP contribution >= 0.6 is 11.3 Å². The number of nitro benzene ring substituents is 2. The number of benzene rings is 1. The fourth-order valence-corrected chi connectivity index (χ4v) is 3.12. The van der Waals surface area contributed by atoms with Gasteiger partial charge in [-0.2, -0.15) is 0 Å². The number of carbonyl (C=O) groups is 1. The molecule has 0 bridgehead atoms. The van der Waals surface area contributed by atoms with Crippen molar-refractivity contribution >= 4 is 33.8 Å². The molecule has 0 saturated carbocycles. The first-order valence-corrected chi connectivity index (χ1v) is 7.96. The normalized spacial score (nSPS) is 16.6. The molecule has 1 fully saturated rings. The van der Waals surface area contributed by atoms with Crippen LogP contribution in [0.1, 0.15) is 34.3 Å². The number of rotatable bonds is 5. The lowest BCUT2D eigenvalue weighted by molar-refractivity contribution is -0.394. The monoisotopic (exact) mass is 365 g/mol. The Bertz CT molecular complexity index is 815. The van der Waals surface area contributed by atoms with Crippen LogP contribution in [-0.4, -0.2) is 32.6 Å². The van der Waals surface area contributed by atoms with Gasteiger partial charge in [0.2, 0.25) is 5.13 Å². The van der Waals surface area contributed by atoms with Crippen molar-refractivity contribution < 1.29 is 19.4 Å². The van der Waals surface area contributed by atoms with Crippen molar-refractivity contribution in [2.24, 2.45) is 0 Å². The number of ether oxygens (including phenoxy) is 1. The van der Waals surface area contributed by atoms with E-state index in [1.165, 1.54) is 0 Å². The summed E-state index contributed by atoms with van der Waals surface area (Å²) in [6.45, 7) is 0.642. The van der Waals surface area contributed by atoms with Crippen LogP contribution in [0.5, 0.6) is 0 Å². The van der Waals surface area contributed by atoms with Crippen LogP contribution in [0.15, 0.2) is 18.2 Å². The molecule has 25 heavy (non-hydrogen) atoms. The lowest BCUT2D eigenvalue weighted by Gasteiger charge is -2.03. The number of anilines is 1. The maximum Gasteiger partial charge on any atom is 0.277 e. The zero-order valence-electron chi connectivity index (χ0n) is 12.6. The molecule has 11 nitrogen and oxygen atoms in total. The van der Waals surface area contributed by atoms with Crippen LogP contribution in [-0.2, 0) is 4.74 Å². The van der Waals surface area contributed by atoms with Gasteiger partial charge in [-0.25, -0.2) is 0 Å². The minimum Gasteiger partial charge on any atom is -0.371 e. The molecule has 1 aliphatic heterocycles. The number of carbonyl (C=O) groups excluding carboxylic acids is 1. The Hall–Kier alpha value is -2.99. The molecule has 1 aromatic heterocycles. The van der Waals surface area contributed by atoms with Crippen molar-refractivity contribution in [1.82, 2.24) is 10.2 Å². The SMILES string of the molecule is O=C(Nc1nnc(C2CCCO2)s1)c1cc([N+](=O)[O-])cc([N+](=O)[O-])c1. The number of amides is 1. The number of hydrogen-bond acceptors (Lipinski definition) is 9. The molecule has 130 valence electrons. The smallest absolute Gasteiger partial charge is 0.277 e. The summed E-state index contributed by atoms with van der Waals surface area (Å²) in [5, 5.41) is 32.8. The third-order valence-corrected chi connectivity index (χ3v) is 4.38. The maximum absolute atomic E-state index is 12.2. The van der Waals surface area contributed by atoms with E-state index in [2.05, 4.69) is 15.5 Å². The summed E-state index contributed by atoms with van der Waals surface area (Å²) in [5.41, 5.74) is -1.30. The summed E-state index contributed by atoms with van der Waals surface area (Å²) in [6.07, 6.45) is 1.59. The first-order valence-electron chi connectivity index (χ1n) is 7.14. The third kappa shape index (κ3) is 3.75. The molecule has 12 heteroatoms. The van der Waals surface area contributed by atoms with E-state index >= 15 is 0 Å². The van der Waals surface area contributed by atoms with Crippen LogP contribution < -0.4 is 5.32 Å². The van der Waals surface area contributed by atoms with Crippen LogP contribution in [0, 0.1) is 20.2 Å². The van der Waals surface area contributed by atoms with Gasteiger partial charge in [-0.15, -0.1) is 10.2 Å². The van der Waals surface area contributed by atoms with Gasteiger partial charge in [0.05, 0.1) is 21.5 Å². The van der Waals surface area contributed by atoms with Crippen LogP contribution in [0.25, 0.3) is 0 Å². The average Bonchev–Trinajstić information content (AvgIpc) is 3.25. The Morgan fingerprint density at radius 2 is 1.88 bits per heavy atom.